The quantitative estimate of drug-likeness (QED) is 0.635. The van der Waals surface area contributed by atoms with E-state index in [4.69, 9.17) is 5.73 Å². The highest BCUT2D eigenvalue weighted by Gasteiger charge is 2.29. The normalized spacial score (nSPS) is 25.0. The van der Waals surface area contributed by atoms with Gasteiger partial charge in [0.05, 0.1) is 12.0 Å². The molecule has 2 saturated carbocycles. The van der Waals surface area contributed by atoms with Crippen molar-refractivity contribution in [2.45, 2.75) is 95.6 Å². The van der Waals surface area contributed by atoms with Crippen LogP contribution in [0.5, 0.6) is 0 Å². The minimum Gasteiger partial charge on any atom is -0.481 e. The van der Waals surface area contributed by atoms with Gasteiger partial charge in [0.25, 0.3) is 0 Å². The van der Waals surface area contributed by atoms with Crippen LogP contribution in [0.2, 0.25) is 0 Å². The smallest absolute Gasteiger partial charge is 0.306 e. The molecule has 0 aromatic rings. The van der Waals surface area contributed by atoms with Gasteiger partial charge in [0.1, 0.15) is 0 Å². The van der Waals surface area contributed by atoms with E-state index in [1.54, 1.807) is 0 Å². The van der Waals surface area contributed by atoms with Crippen LogP contribution < -0.4 is 5.73 Å². The average molecular weight is 325 g/mol. The van der Waals surface area contributed by atoms with Crippen molar-refractivity contribution in [1.29, 1.82) is 0 Å². The Hall–Kier alpha value is -0.610. The highest BCUT2D eigenvalue weighted by molar-refractivity contribution is 5.70. The van der Waals surface area contributed by atoms with E-state index in [0.717, 1.165) is 19.3 Å². The Kier molecular flexibility index (Phi) is 7.84. The van der Waals surface area contributed by atoms with Gasteiger partial charge in [-0.25, -0.2) is 0 Å². The van der Waals surface area contributed by atoms with Gasteiger partial charge in [0, 0.05) is 6.04 Å². The molecule has 2 aliphatic rings. The molecular formula is C19H35NO3. The van der Waals surface area contributed by atoms with Gasteiger partial charge in [0.15, 0.2) is 0 Å². The third-order valence-electron chi connectivity index (χ3n) is 6.04. The molecule has 3 unspecified atom stereocenters. The molecule has 2 rings (SSSR count). The summed E-state index contributed by atoms with van der Waals surface area (Å²) in [6, 6.07) is -0.272. The largest absolute Gasteiger partial charge is 0.481 e. The first-order valence-corrected chi connectivity index (χ1v) is 9.72. The van der Waals surface area contributed by atoms with E-state index < -0.39 is 18.0 Å². The Balaban J connectivity index is 1.78. The first-order valence-electron chi connectivity index (χ1n) is 9.72. The fourth-order valence-electron chi connectivity index (χ4n) is 4.55. The van der Waals surface area contributed by atoms with Crippen molar-refractivity contribution in [2.24, 2.45) is 23.5 Å². The van der Waals surface area contributed by atoms with E-state index >= 15 is 0 Å². The number of rotatable bonds is 8. The summed E-state index contributed by atoms with van der Waals surface area (Å²) in [6.45, 7) is 0. The lowest BCUT2D eigenvalue weighted by molar-refractivity contribution is -0.143. The van der Waals surface area contributed by atoms with Crippen molar-refractivity contribution in [3.63, 3.8) is 0 Å². The Morgan fingerprint density at radius 1 is 0.913 bits per heavy atom. The van der Waals surface area contributed by atoms with Gasteiger partial charge in [-0.1, -0.05) is 64.2 Å². The van der Waals surface area contributed by atoms with Crippen LogP contribution in [0.4, 0.5) is 0 Å². The highest BCUT2D eigenvalue weighted by Crippen LogP contribution is 2.32. The number of hydrogen-bond donors (Lipinski definition) is 3. The molecule has 0 spiro atoms. The van der Waals surface area contributed by atoms with Gasteiger partial charge in [-0.2, -0.15) is 0 Å². The van der Waals surface area contributed by atoms with E-state index in [-0.39, 0.29) is 6.04 Å². The maximum atomic E-state index is 11.6. The molecule has 0 saturated heterocycles. The first kappa shape index (κ1) is 18.7. The third-order valence-corrected chi connectivity index (χ3v) is 6.04. The van der Waals surface area contributed by atoms with Gasteiger partial charge < -0.3 is 15.9 Å². The second kappa shape index (κ2) is 9.63. The molecule has 0 aromatic heterocycles. The molecule has 4 heteroatoms. The van der Waals surface area contributed by atoms with E-state index in [0.29, 0.717) is 24.7 Å². The average Bonchev–Trinajstić information content (AvgIpc) is 2.56. The molecule has 0 amide bonds. The van der Waals surface area contributed by atoms with Crippen LogP contribution in [0, 0.1) is 17.8 Å². The van der Waals surface area contributed by atoms with Crippen molar-refractivity contribution in [3.05, 3.63) is 0 Å². The summed E-state index contributed by atoms with van der Waals surface area (Å²) in [6.07, 6.45) is 13.5. The number of carbonyl (C=O) groups is 1. The zero-order chi connectivity index (χ0) is 16.7. The number of hydrogen-bond acceptors (Lipinski definition) is 3. The number of carboxylic acids is 1. The number of aliphatic hydroxyl groups excluding tert-OH is 1. The molecule has 0 aromatic carbocycles. The maximum Gasteiger partial charge on any atom is 0.306 e. The maximum absolute atomic E-state index is 11.6. The predicted molar refractivity (Wildman–Crippen MR) is 92.1 cm³/mol. The SMILES string of the molecule is NC(CC1CCCCC1)C(O)CC(CC1CCCCC1)C(=O)O. The number of nitrogens with two attached hydrogens (primary N) is 1. The summed E-state index contributed by atoms with van der Waals surface area (Å²) in [5, 5.41) is 19.9. The predicted octanol–water partition coefficient (Wildman–Crippen LogP) is 3.71. The van der Waals surface area contributed by atoms with Crippen molar-refractivity contribution < 1.29 is 15.0 Å². The van der Waals surface area contributed by atoms with Gasteiger partial charge in [0.2, 0.25) is 0 Å². The molecule has 4 nitrogen and oxygen atoms in total. The molecule has 0 aliphatic heterocycles. The summed E-state index contributed by atoms with van der Waals surface area (Å²) >= 11 is 0. The van der Waals surface area contributed by atoms with E-state index in [1.807, 2.05) is 0 Å². The van der Waals surface area contributed by atoms with Crippen LogP contribution in [0.3, 0.4) is 0 Å². The summed E-state index contributed by atoms with van der Waals surface area (Å²) < 4.78 is 0. The van der Waals surface area contributed by atoms with E-state index in [9.17, 15) is 15.0 Å². The van der Waals surface area contributed by atoms with Crippen LogP contribution in [-0.2, 0) is 4.79 Å². The van der Waals surface area contributed by atoms with Crippen LogP contribution in [-0.4, -0.2) is 28.3 Å². The second-order valence-corrected chi connectivity index (χ2v) is 7.98. The molecular weight excluding hydrogens is 290 g/mol. The van der Waals surface area contributed by atoms with Gasteiger partial charge in [-0.05, 0) is 31.1 Å². The van der Waals surface area contributed by atoms with Gasteiger partial charge in [-0.15, -0.1) is 0 Å². The monoisotopic (exact) mass is 325 g/mol. The van der Waals surface area contributed by atoms with E-state index in [1.165, 1.54) is 51.4 Å². The topological polar surface area (TPSA) is 83.5 Å². The van der Waals surface area contributed by atoms with E-state index in [2.05, 4.69) is 0 Å². The van der Waals surface area contributed by atoms with Crippen molar-refractivity contribution >= 4 is 5.97 Å². The summed E-state index contributed by atoms with van der Waals surface area (Å²) in [5.41, 5.74) is 6.19. The van der Waals surface area contributed by atoms with Crippen molar-refractivity contribution in [2.75, 3.05) is 0 Å². The first-order chi connectivity index (χ1) is 11.1. The molecule has 2 fully saturated rings. The zero-order valence-electron chi connectivity index (χ0n) is 14.5. The highest BCUT2D eigenvalue weighted by atomic mass is 16.4. The summed E-state index contributed by atoms with van der Waals surface area (Å²) in [4.78, 5) is 11.6. The lowest BCUT2D eigenvalue weighted by Gasteiger charge is -2.29. The van der Waals surface area contributed by atoms with Crippen LogP contribution in [0.25, 0.3) is 0 Å². The minimum absolute atomic E-state index is 0.272. The summed E-state index contributed by atoms with van der Waals surface area (Å²) in [7, 11) is 0. The number of aliphatic hydroxyl groups is 1. The summed E-state index contributed by atoms with van der Waals surface area (Å²) in [5.74, 6) is -0.0633. The second-order valence-electron chi connectivity index (χ2n) is 7.98. The number of aliphatic carboxylic acids is 1. The Labute approximate surface area is 140 Å². The molecule has 0 bridgehead atoms. The molecule has 4 N–H and O–H groups in total. The molecule has 2 aliphatic carbocycles. The van der Waals surface area contributed by atoms with Crippen LogP contribution in [0.1, 0.15) is 83.5 Å². The lowest BCUT2D eigenvalue weighted by Crippen LogP contribution is -2.39. The van der Waals surface area contributed by atoms with Gasteiger partial charge in [-0.3, -0.25) is 4.79 Å². The third kappa shape index (κ3) is 6.42. The molecule has 0 heterocycles. The molecule has 23 heavy (non-hydrogen) atoms. The zero-order valence-corrected chi connectivity index (χ0v) is 14.5. The van der Waals surface area contributed by atoms with Gasteiger partial charge >= 0.3 is 5.97 Å². The Morgan fingerprint density at radius 2 is 1.39 bits per heavy atom. The Morgan fingerprint density at radius 3 is 1.87 bits per heavy atom. The van der Waals surface area contributed by atoms with Crippen LogP contribution >= 0.6 is 0 Å². The Bertz CT molecular complexity index is 349. The molecule has 3 atom stereocenters. The van der Waals surface area contributed by atoms with Crippen molar-refractivity contribution in [1.82, 2.24) is 0 Å². The number of carboxylic acid groups (broad SMARTS) is 1. The van der Waals surface area contributed by atoms with Crippen molar-refractivity contribution in [3.8, 4) is 0 Å². The molecule has 134 valence electrons. The molecule has 0 radical (unpaired) electrons. The fraction of sp³-hybridized carbons (Fsp3) is 0.947. The lowest BCUT2D eigenvalue weighted by atomic mass is 9.79. The minimum atomic E-state index is -0.764. The fourth-order valence-corrected chi connectivity index (χ4v) is 4.55. The standard InChI is InChI=1S/C19H35NO3/c20-17(12-15-9-5-2-6-10-15)18(21)13-16(19(22)23)11-14-7-3-1-4-8-14/h14-18,21H,1-13,20H2,(H,22,23). The van der Waals surface area contributed by atoms with Crippen LogP contribution in [0.15, 0.2) is 0 Å².